The zero-order valence-electron chi connectivity index (χ0n) is 13.9. The number of nitrogens with one attached hydrogen (secondary N) is 1. The predicted molar refractivity (Wildman–Crippen MR) is 97.2 cm³/mol. The normalized spacial score (nSPS) is 11.5. The monoisotopic (exact) mass is 353 g/mol. The molecule has 0 spiro atoms. The van der Waals surface area contributed by atoms with Gasteiger partial charge in [0.15, 0.2) is 0 Å². The first-order chi connectivity index (χ1) is 12.5. The fraction of sp³-hybridized carbons (Fsp3) is 0.105. The van der Waals surface area contributed by atoms with Crippen LogP contribution in [0.2, 0.25) is 0 Å². The van der Waals surface area contributed by atoms with Gasteiger partial charge in [-0.1, -0.05) is 31.2 Å². The fourth-order valence-corrected chi connectivity index (χ4v) is 2.62. The highest BCUT2D eigenvalue weighted by molar-refractivity contribution is 6.03. The summed E-state index contributed by atoms with van der Waals surface area (Å²) in [5.74, 6) is -0.976. The van der Waals surface area contributed by atoms with Crippen LogP contribution in [-0.4, -0.2) is 20.4 Å². The van der Waals surface area contributed by atoms with Gasteiger partial charge in [0.25, 0.3) is 5.56 Å². The predicted octanol–water partition coefficient (Wildman–Crippen LogP) is 2.90. The molecule has 6 nitrogen and oxygen atoms in total. The molecule has 0 bridgehead atoms. The lowest BCUT2D eigenvalue weighted by molar-refractivity contribution is 0.429. The highest BCUT2D eigenvalue weighted by atomic mass is 19.1. The first-order valence-electron chi connectivity index (χ1n) is 7.98. The second-order valence-electron chi connectivity index (χ2n) is 5.52. The summed E-state index contributed by atoms with van der Waals surface area (Å²) >= 11 is 0. The third kappa shape index (κ3) is 3.32. The molecule has 2 N–H and O–H groups in total. The van der Waals surface area contributed by atoms with Crippen molar-refractivity contribution in [2.24, 2.45) is 4.99 Å². The van der Waals surface area contributed by atoms with E-state index in [9.17, 15) is 19.1 Å². The van der Waals surface area contributed by atoms with Gasteiger partial charge < -0.3 is 5.11 Å². The maximum atomic E-state index is 13.4. The summed E-state index contributed by atoms with van der Waals surface area (Å²) < 4.78 is 14.4. The van der Waals surface area contributed by atoms with Crippen LogP contribution in [0.3, 0.4) is 0 Å². The van der Waals surface area contributed by atoms with Crippen LogP contribution in [0, 0.1) is 5.82 Å². The molecule has 7 heteroatoms. The average Bonchev–Trinajstić information content (AvgIpc) is 2.61. The zero-order valence-corrected chi connectivity index (χ0v) is 13.9. The molecule has 0 amide bonds. The van der Waals surface area contributed by atoms with Gasteiger partial charge in [-0.3, -0.25) is 14.8 Å². The fourth-order valence-electron chi connectivity index (χ4n) is 2.62. The third-order valence-electron chi connectivity index (χ3n) is 3.80. The van der Waals surface area contributed by atoms with Gasteiger partial charge >= 0.3 is 5.69 Å². The molecular formula is C19H16FN3O3. The van der Waals surface area contributed by atoms with Gasteiger partial charge in [0.1, 0.15) is 11.4 Å². The number of nitrogens with zero attached hydrogens (tertiary/aromatic N) is 2. The molecule has 2 aromatic carbocycles. The standard InChI is InChI=1S/C19H16FN3O3/c1-2-15(21-13-8-6-7-12(20)11-13)16-17(24)22-19(26)23(18(16)25)14-9-4-3-5-10-14/h3-11,25H,2H2,1H3,(H,22,24,26). The number of aliphatic imine (C=N–C) groups is 1. The van der Waals surface area contributed by atoms with Crippen molar-refractivity contribution in [3.63, 3.8) is 0 Å². The van der Waals surface area contributed by atoms with Crippen molar-refractivity contribution in [1.82, 2.24) is 9.55 Å². The summed E-state index contributed by atoms with van der Waals surface area (Å²) in [5.41, 5.74) is -0.702. The van der Waals surface area contributed by atoms with Gasteiger partial charge in [0.2, 0.25) is 5.88 Å². The number of aromatic nitrogens is 2. The van der Waals surface area contributed by atoms with E-state index in [1.54, 1.807) is 43.3 Å². The Kier molecular flexibility index (Phi) is 4.79. The van der Waals surface area contributed by atoms with Crippen LogP contribution < -0.4 is 11.2 Å². The van der Waals surface area contributed by atoms with Crippen molar-refractivity contribution in [1.29, 1.82) is 0 Å². The SMILES string of the molecule is CCC(=Nc1cccc(F)c1)c1c(O)n(-c2ccccc2)c(=O)[nH]c1=O. The molecule has 0 aliphatic carbocycles. The van der Waals surface area contributed by atoms with Gasteiger partial charge in [-0.2, -0.15) is 0 Å². The Morgan fingerprint density at radius 2 is 1.88 bits per heavy atom. The van der Waals surface area contributed by atoms with Crippen LogP contribution in [0.5, 0.6) is 5.88 Å². The minimum absolute atomic E-state index is 0.125. The van der Waals surface area contributed by atoms with E-state index in [4.69, 9.17) is 0 Å². The van der Waals surface area contributed by atoms with E-state index in [0.29, 0.717) is 17.8 Å². The van der Waals surface area contributed by atoms with Crippen LogP contribution in [0.1, 0.15) is 18.9 Å². The van der Waals surface area contributed by atoms with E-state index in [0.717, 1.165) is 4.57 Å². The maximum Gasteiger partial charge on any atom is 0.335 e. The molecule has 0 saturated carbocycles. The molecule has 0 aliphatic heterocycles. The van der Waals surface area contributed by atoms with Crippen molar-refractivity contribution in [2.75, 3.05) is 0 Å². The quantitative estimate of drug-likeness (QED) is 0.707. The highest BCUT2D eigenvalue weighted by Crippen LogP contribution is 2.21. The van der Waals surface area contributed by atoms with Gasteiger partial charge in [0, 0.05) is 0 Å². The van der Waals surface area contributed by atoms with Crippen LogP contribution in [-0.2, 0) is 0 Å². The molecule has 0 saturated heterocycles. The largest absolute Gasteiger partial charge is 0.493 e. The number of halogens is 1. The Bertz CT molecular complexity index is 1090. The average molecular weight is 353 g/mol. The van der Waals surface area contributed by atoms with E-state index in [2.05, 4.69) is 9.98 Å². The molecule has 0 radical (unpaired) electrons. The number of benzene rings is 2. The first-order valence-corrected chi connectivity index (χ1v) is 7.98. The Morgan fingerprint density at radius 3 is 2.54 bits per heavy atom. The van der Waals surface area contributed by atoms with Crippen LogP contribution in [0.25, 0.3) is 5.69 Å². The van der Waals surface area contributed by atoms with Gasteiger partial charge in [-0.25, -0.2) is 13.8 Å². The second-order valence-corrected chi connectivity index (χ2v) is 5.52. The Morgan fingerprint density at radius 1 is 1.15 bits per heavy atom. The van der Waals surface area contributed by atoms with Crippen LogP contribution in [0.15, 0.2) is 69.2 Å². The molecule has 3 rings (SSSR count). The summed E-state index contributed by atoms with van der Waals surface area (Å²) in [6.07, 6.45) is 0.292. The molecule has 1 aromatic heterocycles. The van der Waals surface area contributed by atoms with Crippen molar-refractivity contribution in [3.05, 3.63) is 86.8 Å². The number of aromatic hydroxyl groups is 1. The van der Waals surface area contributed by atoms with Gasteiger partial charge in [-0.05, 0) is 36.8 Å². The number of para-hydroxylation sites is 1. The Labute approximate surface area is 147 Å². The zero-order chi connectivity index (χ0) is 18.7. The molecular weight excluding hydrogens is 337 g/mol. The van der Waals surface area contributed by atoms with Crippen molar-refractivity contribution < 1.29 is 9.50 Å². The first kappa shape index (κ1) is 17.3. The van der Waals surface area contributed by atoms with E-state index in [-0.39, 0.29) is 11.3 Å². The number of rotatable bonds is 4. The Balaban J connectivity index is 2.24. The van der Waals surface area contributed by atoms with E-state index in [1.165, 1.54) is 18.2 Å². The number of hydrogen-bond donors (Lipinski definition) is 2. The lowest BCUT2D eigenvalue weighted by Gasteiger charge is -2.12. The summed E-state index contributed by atoms with van der Waals surface area (Å²) in [4.78, 5) is 31.0. The smallest absolute Gasteiger partial charge is 0.335 e. The third-order valence-corrected chi connectivity index (χ3v) is 3.80. The molecule has 26 heavy (non-hydrogen) atoms. The van der Waals surface area contributed by atoms with Crippen molar-refractivity contribution >= 4 is 11.4 Å². The highest BCUT2D eigenvalue weighted by Gasteiger charge is 2.19. The minimum Gasteiger partial charge on any atom is -0.493 e. The van der Waals surface area contributed by atoms with Crippen LogP contribution >= 0.6 is 0 Å². The number of hydrogen-bond acceptors (Lipinski definition) is 4. The van der Waals surface area contributed by atoms with E-state index in [1.807, 2.05) is 0 Å². The Hall–Kier alpha value is -3.48. The minimum atomic E-state index is -0.761. The number of aromatic amines is 1. The number of H-pyrrole nitrogens is 1. The molecule has 0 atom stereocenters. The lowest BCUT2D eigenvalue weighted by Crippen LogP contribution is -2.33. The molecule has 0 fully saturated rings. The molecule has 132 valence electrons. The molecule has 0 unspecified atom stereocenters. The summed E-state index contributed by atoms with van der Waals surface area (Å²) in [6, 6.07) is 14.0. The van der Waals surface area contributed by atoms with Gasteiger partial charge in [0.05, 0.1) is 17.1 Å². The molecule has 3 aromatic rings. The van der Waals surface area contributed by atoms with Crippen molar-refractivity contribution in [2.45, 2.75) is 13.3 Å². The van der Waals surface area contributed by atoms with Crippen LogP contribution in [0.4, 0.5) is 10.1 Å². The molecule has 0 aliphatic rings. The summed E-state index contributed by atoms with van der Waals surface area (Å²) in [7, 11) is 0. The molecule has 1 heterocycles. The summed E-state index contributed by atoms with van der Waals surface area (Å²) in [5, 5.41) is 10.6. The van der Waals surface area contributed by atoms with E-state index >= 15 is 0 Å². The summed E-state index contributed by atoms with van der Waals surface area (Å²) in [6.45, 7) is 1.75. The lowest BCUT2D eigenvalue weighted by atomic mass is 10.1. The van der Waals surface area contributed by atoms with Gasteiger partial charge in [-0.15, -0.1) is 0 Å². The second kappa shape index (κ2) is 7.18. The maximum absolute atomic E-state index is 13.4. The topological polar surface area (TPSA) is 87.4 Å². The van der Waals surface area contributed by atoms with E-state index < -0.39 is 22.9 Å². The van der Waals surface area contributed by atoms with Crippen molar-refractivity contribution in [3.8, 4) is 11.6 Å².